The molecule has 1 fully saturated rings. The molecule has 2 aromatic rings. The van der Waals surface area contributed by atoms with Crippen LogP contribution in [0.25, 0.3) is 11.2 Å². The van der Waals surface area contributed by atoms with E-state index in [1.54, 1.807) is 34.6 Å². The van der Waals surface area contributed by atoms with Crippen LogP contribution in [-0.4, -0.2) is 84.2 Å². The van der Waals surface area contributed by atoms with Gasteiger partial charge in [0.2, 0.25) is 5.95 Å². The van der Waals surface area contributed by atoms with Crippen LogP contribution in [0.2, 0.25) is 0 Å². The lowest BCUT2D eigenvalue weighted by atomic mass is 10.00. The van der Waals surface area contributed by atoms with Crippen LogP contribution in [0.1, 0.15) is 47.8 Å². The zero-order valence-electron chi connectivity index (χ0n) is 23.8. The van der Waals surface area contributed by atoms with Gasteiger partial charge < -0.3 is 20.3 Å². The second-order valence-electron chi connectivity index (χ2n) is 10.8. The molecule has 0 amide bonds. The molecular weight excluding hydrogens is 622 g/mol. The summed E-state index contributed by atoms with van der Waals surface area (Å²) >= 11 is 7.00. The third-order valence-electron chi connectivity index (χ3n) is 5.74. The highest BCUT2D eigenvalue weighted by molar-refractivity contribution is 8.13. The summed E-state index contributed by atoms with van der Waals surface area (Å²) in [5, 5.41) is 10.0. The number of carbonyl (C=O) groups excluding carboxylic acids is 2. The van der Waals surface area contributed by atoms with E-state index >= 15 is 4.39 Å². The lowest BCUT2D eigenvalue weighted by Gasteiger charge is -2.25. The van der Waals surface area contributed by atoms with E-state index in [2.05, 4.69) is 20.0 Å². The molecular formula is C23H35ClFN6O9PS. The van der Waals surface area contributed by atoms with Gasteiger partial charge in [-0.05, 0) is 20.8 Å². The number of carbonyl (C=O) groups is 2. The van der Waals surface area contributed by atoms with Crippen molar-refractivity contribution in [1.29, 1.82) is 0 Å². The number of alkyl halides is 2. The Labute approximate surface area is 249 Å². The van der Waals surface area contributed by atoms with Crippen molar-refractivity contribution in [3.8, 4) is 0 Å². The summed E-state index contributed by atoms with van der Waals surface area (Å²) in [6.45, 7) is 8.93. The molecule has 0 aromatic carbocycles. The number of thioether (sulfide) groups is 1. The molecule has 0 aliphatic carbocycles. The number of esters is 1. The number of fused-ring (bicyclic) bond motifs is 1. The molecule has 42 heavy (non-hydrogen) atoms. The van der Waals surface area contributed by atoms with Crippen molar-refractivity contribution in [2.45, 2.75) is 77.3 Å². The first-order valence-corrected chi connectivity index (χ1v) is 15.7. The SMILES string of the molecule is CC(C)OC(=O)[C@@H](C)N[P@](=O)(OCCSC(=O)C(C)(C)C)OC[C@H]1O[C@@H](n2cnc3c(=O)[nH]c(N)nc32)[C@@](F)(Cl)[C@@H]1O. The molecule has 3 heterocycles. The zero-order chi connectivity index (χ0) is 31.6. The third-order valence-corrected chi connectivity index (χ3v) is 9.11. The quantitative estimate of drug-likeness (QED) is 0.112. The number of halogens is 2. The number of imidazole rings is 1. The van der Waals surface area contributed by atoms with Gasteiger partial charge in [-0.15, -0.1) is 0 Å². The van der Waals surface area contributed by atoms with Gasteiger partial charge in [0.25, 0.3) is 10.7 Å². The molecule has 3 rings (SSSR count). The van der Waals surface area contributed by atoms with E-state index in [9.17, 15) is 24.1 Å². The second kappa shape index (κ2) is 13.3. The fraction of sp³-hybridized carbons (Fsp3) is 0.696. The summed E-state index contributed by atoms with van der Waals surface area (Å²) in [5.74, 6) is -0.911. The van der Waals surface area contributed by atoms with Gasteiger partial charge in [-0.3, -0.25) is 33.0 Å². The molecule has 5 N–H and O–H groups in total. The summed E-state index contributed by atoms with van der Waals surface area (Å²) < 4.78 is 51.9. The number of nitrogen functional groups attached to an aromatic ring is 1. The van der Waals surface area contributed by atoms with E-state index in [1.807, 2.05) is 0 Å². The molecule has 236 valence electrons. The monoisotopic (exact) mass is 656 g/mol. The Balaban J connectivity index is 1.77. The number of anilines is 1. The maximum absolute atomic E-state index is 15.6. The molecule has 0 radical (unpaired) electrons. The Kier molecular flexibility index (Phi) is 10.9. The Morgan fingerprint density at radius 1 is 1.38 bits per heavy atom. The number of nitrogens with zero attached hydrogens (tertiary/aromatic N) is 3. The fourth-order valence-corrected chi connectivity index (χ4v) is 6.32. The Morgan fingerprint density at radius 3 is 2.67 bits per heavy atom. The van der Waals surface area contributed by atoms with Crippen LogP contribution in [0, 0.1) is 5.41 Å². The number of aliphatic hydroxyl groups is 1. The summed E-state index contributed by atoms with van der Waals surface area (Å²) in [6.07, 6.45) is -4.71. The Hall–Kier alpha value is -2.11. The first kappa shape index (κ1) is 34.4. The number of hydrogen-bond acceptors (Lipinski definition) is 13. The molecule has 19 heteroatoms. The average molecular weight is 657 g/mol. The maximum atomic E-state index is 15.6. The van der Waals surface area contributed by atoms with Crippen LogP contribution in [-0.2, 0) is 32.7 Å². The van der Waals surface area contributed by atoms with Crippen molar-refractivity contribution >= 4 is 59.3 Å². The van der Waals surface area contributed by atoms with E-state index in [-0.39, 0.29) is 34.6 Å². The second-order valence-corrected chi connectivity index (χ2v) is 14.2. The highest BCUT2D eigenvalue weighted by atomic mass is 35.5. The number of nitrogens with two attached hydrogens (primary N) is 1. The number of aromatic amines is 1. The van der Waals surface area contributed by atoms with E-state index < -0.39 is 67.0 Å². The maximum Gasteiger partial charge on any atom is 0.406 e. The fourth-order valence-electron chi connectivity index (χ4n) is 3.64. The van der Waals surface area contributed by atoms with E-state index in [0.717, 1.165) is 22.7 Å². The largest absolute Gasteiger partial charge is 0.462 e. The standard InChI is InChI=1S/C23H35ClFN6O9PS/c1-11(2)39-18(34)12(3)30-41(36,37-7-8-42-20(35)22(4,5)6)38-9-13-15(32)23(24,25)19(40-13)31-10-27-14-16(31)28-21(26)29-17(14)33/h10-13,15,19,32H,7-9H2,1-6H3,(H,30,36)(H3,26,28,29,33)/t12-,13-,15-,19-,23-,41+/m1/s1. The van der Waals surface area contributed by atoms with Crippen LogP contribution in [0.4, 0.5) is 10.3 Å². The van der Waals surface area contributed by atoms with E-state index in [4.69, 9.17) is 35.9 Å². The molecule has 0 unspecified atom stereocenters. The summed E-state index contributed by atoms with van der Waals surface area (Å²) in [4.78, 5) is 46.7. The molecule has 1 aliphatic rings. The minimum absolute atomic E-state index is 0.110. The Bertz CT molecular complexity index is 1400. The van der Waals surface area contributed by atoms with Gasteiger partial charge in [0, 0.05) is 11.2 Å². The minimum Gasteiger partial charge on any atom is -0.462 e. The number of H-pyrrole nitrogens is 1. The first-order valence-electron chi connectivity index (χ1n) is 12.8. The summed E-state index contributed by atoms with van der Waals surface area (Å²) in [6, 6.07) is -1.16. The number of aliphatic hydroxyl groups excluding tert-OH is 1. The van der Waals surface area contributed by atoms with Gasteiger partial charge in [0.05, 0.1) is 25.6 Å². The van der Waals surface area contributed by atoms with Gasteiger partial charge >= 0.3 is 13.7 Å². The van der Waals surface area contributed by atoms with Crippen LogP contribution in [0.5, 0.6) is 0 Å². The summed E-state index contributed by atoms with van der Waals surface area (Å²) in [5.41, 5.74) is 3.96. The van der Waals surface area contributed by atoms with E-state index in [0.29, 0.717) is 0 Å². The normalized spacial score (nSPS) is 25.0. The van der Waals surface area contributed by atoms with E-state index in [1.165, 1.54) is 6.92 Å². The Morgan fingerprint density at radius 2 is 2.05 bits per heavy atom. The topological polar surface area (TPSA) is 210 Å². The average Bonchev–Trinajstić information content (AvgIpc) is 3.37. The van der Waals surface area contributed by atoms with Crippen molar-refractivity contribution in [1.82, 2.24) is 24.6 Å². The number of aromatic nitrogens is 4. The van der Waals surface area contributed by atoms with Crippen molar-refractivity contribution < 1.29 is 42.2 Å². The molecule has 2 aromatic heterocycles. The predicted molar refractivity (Wildman–Crippen MR) is 152 cm³/mol. The highest BCUT2D eigenvalue weighted by Gasteiger charge is 2.58. The van der Waals surface area contributed by atoms with Gasteiger partial charge in [0.1, 0.15) is 18.2 Å². The number of nitrogens with one attached hydrogen (secondary N) is 2. The minimum atomic E-state index is -4.35. The van der Waals surface area contributed by atoms with Crippen LogP contribution in [0.15, 0.2) is 11.1 Å². The van der Waals surface area contributed by atoms with Gasteiger partial charge in [0.15, 0.2) is 22.5 Å². The molecule has 0 spiro atoms. The third kappa shape index (κ3) is 8.08. The van der Waals surface area contributed by atoms with Crippen molar-refractivity contribution in [2.24, 2.45) is 5.41 Å². The molecule has 1 aliphatic heterocycles. The van der Waals surface area contributed by atoms with Crippen LogP contribution < -0.4 is 16.4 Å². The number of hydrogen-bond donors (Lipinski definition) is 4. The smallest absolute Gasteiger partial charge is 0.406 e. The molecule has 6 atom stereocenters. The number of rotatable bonds is 12. The van der Waals surface area contributed by atoms with Gasteiger partial charge in [-0.2, -0.15) is 4.98 Å². The molecule has 1 saturated heterocycles. The van der Waals surface area contributed by atoms with Crippen LogP contribution >= 0.6 is 31.1 Å². The molecule has 15 nitrogen and oxygen atoms in total. The van der Waals surface area contributed by atoms with Gasteiger partial charge in [-0.1, -0.05) is 44.1 Å². The zero-order valence-corrected chi connectivity index (χ0v) is 26.3. The predicted octanol–water partition coefficient (Wildman–Crippen LogP) is 2.24. The first-order chi connectivity index (χ1) is 19.4. The summed E-state index contributed by atoms with van der Waals surface area (Å²) in [7, 11) is -4.35. The number of ether oxygens (including phenoxy) is 2. The van der Waals surface area contributed by atoms with Crippen molar-refractivity contribution in [2.75, 3.05) is 24.7 Å². The van der Waals surface area contributed by atoms with Crippen molar-refractivity contribution in [3.05, 3.63) is 16.7 Å². The highest BCUT2D eigenvalue weighted by Crippen LogP contribution is 2.49. The molecule has 0 bridgehead atoms. The molecule has 0 saturated carbocycles. The van der Waals surface area contributed by atoms with Crippen LogP contribution in [0.3, 0.4) is 0 Å². The van der Waals surface area contributed by atoms with Gasteiger partial charge in [-0.25, -0.2) is 19.0 Å². The van der Waals surface area contributed by atoms with Crippen molar-refractivity contribution in [3.63, 3.8) is 0 Å². The lowest BCUT2D eigenvalue weighted by molar-refractivity contribution is -0.149. The lowest BCUT2D eigenvalue weighted by Crippen LogP contribution is -2.39.